The van der Waals surface area contributed by atoms with E-state index in [9.17, 15) is 8.42 Å². The number of ether oxygens (including phenoxy) is 1. The maximum atomic E-state index is 11.6. The van der Waals surface area contributed by atoms with Gasteiger partial charge in [0.05, 0.1) is 11.4 Å². The summed E-state index contributed by atoms with van der Waals surface area (Å²) in [6.45, 7) is 4.86. The van der Waals surface area contributed by atoms with E-state index in [1.54, 1.807) is 14.0 Å². The van der Waals surface area contributed by atoms with Gasteiger partial charge in [-0.1, -0.05) is 13.8 Å². The highest BCUT2D eigenvalue weighted by Gasteiger charge is 2.38. The average Bonchev–Trinajstić information content (AvgIpc) is 2.39. The molecule has 0 heterocycles. The Morgan fingerprint density at radius 2 is 2.00 bits per heavy atom. The van der Waals surface area contributed by atoms with E-state index in [1.807, 2.05) is 0 Å². The second-order valence-corrected chi connectivity index (χ2v) is 8.45. The first-order chi connectivity index (χ1) is 9.47. The maximum absolute atomic E-state index is 11.6. The second kappa shape index (κ2) is 8.35. The van der Waals surface area contributed by atoms with Crippen LogP contribution in [0.3, 0.4) is 0 Å². The molecule has 0 radical (unpaired) electrons. The van der Waals surface area contributed by atoms with Gasteiger partial charge in [0.25, 0.3) is 0 Å². The van der Waals surface area contributed by atoms with Crippen LogP contribution in [-0.4, -0.2) is 45.2 Å². The number of hydrogen-bond donors (Lipinski definition) is 1. The van der Waals surface area contributed by atoms with Crippen molar-refractivity contribution in [3.63, 3.8) is 0 Å². The third kappa shape index (κ3) is 5.70. The molecule has 1 atom stereocenters. The zero-order valence-electron chi connectivity index (χ0n) is 13.3. The summed E-state index contributed by atoms with van der Waals surface area (Å²) in [5.41, 5.74) is 0.0506. The number of hydrogen-bond acceptors (Lipinski definition) is 4. The van der Waals surface area contributed by atoms with Gasteiger partial charge in [-0.15, -0.1) is 0 Å². The summed E-state index contributed by atoms with van der Waals surface area (Å²) in [6.07, 6.45) is 7.31. The molecule has 0 aliphatic heterocycles. The van der Waals surface area contributed by atoms with Gasteiger partial charge in [0, 0.05) is 18.9 Å². The summed E-state index contributed by atoms with van der Waals surface area (Å²) in [7, 11) is -1.03. The van der Waals surface area contributed by atoms with Crippen LogP contribution in [0.4, 0.5) is 0 Å². The number of rotatable bonds is 11. The van der Waals surface area contributed by atoms with E-state index in [4.69, 9.17) is 4.74 Å². The van der Waals surface area contributed by atoms with Crippen molar-refractivity contribution in [2.24, 2.45) is 0 Å². The molecule has 0 aromatic heterocycles. The Balaban J connectivity index is 2.43. The highest BCUT2D eigenvalue weighted by Crippen LogP contribution is 2.39. The van der Waals surface area contributed by atoms with Gasteiger partial charge in [0.15, 0.2) is 0 Å². The van der Waals surface area contributed by atoms with Crippen molar-refractivity contribution >= 4 is 9.84 Å². The Hall–Kier alpha value is -0.130. The summed E-state index contributed by atoms with van der Waals surface area (Å²) >= 11 is 0. The van der Waals surface area contributed by atoms with Crippen molar-refractivity contribution in [2.75, 3.05) is 25.2 Å². The van der Waals surface area contributed by atoms with E-state index in [0.717, 1.165) is 45.1 Å². The van der Waals surface area contributed by atoms with Gasteiger partial charge in [-0.2, -0.15) is 0 Å². The van der Waals surface area contributed by atoms with E-state index in [1.165, 1.54) is 6.42 Å². The van der Waals surface area contributed by atoms with Gasteiger partial charge < -0.3 is 10.1 Å². The van der Waals surface area contributed by atoms with E-state index in [2.05, 4.69) is 12.2 Å². The Morgan fingerprint density at radius 3 is 2.45 bits per heavy atom. The first-order valence-electron chi connectivity index (χ1n) is 7.96. The molecule has 1 N–H and O–H groups in total. The lowest BCUT2D eigenvalue weighted by Gasteiger charge is -2.43. The monoisotopic (exact) mass is 305 g/mol. The fourth-order valence-corrected chi connectivity index (χ4v) is 3.73. The van der Waals surface area contributed by atoms with E-state index in [0.29, 0.717) is 11.8 Å². The number of sulfone groups is 1. The van der Waals surface area contributed by atoms with E-state index < -0.39 is 9.84 Å². The minimum absolute atomic E-state index is 0.0506. The third-order valence-electron chi connectivity index (χ3n) is 4.45. The van der Waals surface area contributed by atoms with Crippen LogP contribution in [0.1, 0.15) is 58.8 Å². The van der Waals surface area contributed by atoms with E-state index in [-0.39, 0.29) is 11.4 Å². The highest BCUT2D eigenvalue weighted by atomic mass is 32.2. The Morgan fingerprint density at radius 1 is 1.30 bits per heavy atom. The lowest BCUT2D eigenvalue weighted by molar-refractivity contribution is -0.0838. The van der Waals surface area contributed by atoms with Crippen molar-refractivity contribution in [2.45, 2.75) is 70.4 Å². The molecule has 120 valence electrons. The molecule has 1 saturated carbocycles. The maximum Gasteiger partial charge on any atom is 0.150 e. The molecular formula is C15H31NO3S. The molecule has 4 nitrogen and oxygen atoms in total. The predicted molar refractivity (Wildman–Crippen MR) is 83.9 cm³/mol. The van der Waals surface area contributed by atoms with Crippen molar-refractivity contribution in [3.8, 4) is 0 Å². The van der Waals surface area contributed by atoms with Crippen LogP contribution >= 0.6 is 0 Å². The third-order valence-corrected chi connectivity index (χ3v) is 6.24. The normalized spacial score (nSPS) is 19.6. The zero-order valence-corrected chi connectivity index (χ0v) is 14.1. The van der Waals surface area contributed by atoms with Crippen LogP contribution in [0.5, 0.6) is 0 Å². The van der Waals surface area contributed by atoms with Crippen LogP contribution in [0.2, 0.25) is 0 Å². The Kier molecular flexibility index (Phi) is 7.48. The summed E-state index contributed by atoms with van der Waals surface area (Å²) in [4.78, 5) is 0. The van der Waals surface area contributed by atoms with E-state index >= 15 is 0 Å². The molecule has 20 heavy (non-hydrogen) atoms. The minimum Gasteiger partial charge on any atom is -0.378 e. The summed E-state index contributed by atoms with van der Waals surface area (Å²) in [6, 6.07) is 0.377. The first kappa shape index (κ1) is 17.9. The van der Waals surface area contributed by atoms with Crippen LogP contribution < -0.4 is 5.32 Å². The number of nitrogens with one attached hydrogen (secondary N) is 1. The molecular weight excluding hydrogens is 274 g/mol. The molecule has 0 saturated heterocycles. The quantitative estimate of drug-likeness (QED) is 0.637. The van der Waals surface area contributed by atoms with Crippen molar-refractivity contribution < 1.29 is 13.2 Å². The molecule has 0 bridgehead atoms. The molecule has 0 aromatic rings. The topological polar surface area (TPSA) is 55.4 Å². The zero-order chi connectivity index (χ0) is 15.1. The molecule has 1 fully saturated rings. The molecule has 1 aliphatic rings. The lowest BCUT2D eigenvalue weighted by Crippen LogP contribution is -2.46. The molecule has 1 aliphatic carbocycles. The standard InChI is InChI=1S/C15H31NO3S/c1-4-11-16-14(8-6-12-20(17,18)5-2)13-15(19-3)9-7-10-15/h14,16H,4-13H2,1-3H3. The number of methoxy groups -OCH3 is 1. The second-order valence-electron chi connectivity index (χ2n) is 5.97. The molecule has 0 spiro atoms. The minimum atomic E-state index is -2.84. The Bertz CT molecular complexity index is 358. The summed E-state index contributed by atoms with van der Waals surface area (Å²) in [5.74, 6) is 0.565. The first-order valence-corrected chi connectivity index (χ1v) is 9.78. The lowest BCUT2D eigenvalue weighted by atomic mass is 9.75. The molecule has 5 heteroatoms. The molecule has 1 rings (SSSR count). The highest BCUT2D eigenvalue weighted by molar-refractivity contribution is 7.91. The van der Waals surface area contributed by atoms with Crippen molar-refractivity contribution in [3.05, 3.63) is 0 Å². The smallest absolute Gasteiger partial charge is 0.150 e. The molecule has 0 amide bonds. The molecule has 1 unspecified atom stereocenters. The summed E-state index contributed by atoms with van der Waals surface area (Å²) < 4.78 is 28.8. The fourth-order valence-electron chi connectivity index (χ4n) is 2.83. The fraction of sp³-hybridized carbons (Fsp3) is 1.00. The van der Waals surface area contributed by atoms with Crippen molar-refractivity contribution in [1.29, 1.82) is 0 Å². The van der Waals surface area contributed by atoms with Gasteiger partial charge in [-0.3, -0.25) is 0 Å². The van der Waals surface area contributed by atoms with Crippen LogP contribution in [0.25, 0.3) is 0 Å². The van der Waals surface area contributed by atoms with Gasteiger partial charge in [0.1, 0.15) is 9.84 Å². The summed E-state index contributed by atoms with van der Waals surface area (Å²) in [5, 5.41) is 3.56. The Labute approximate surface area is 124 Å². The van der Waals surface area contributed by atoms with Gasteiger partial charge in [-0.05, 0) is 51.5 Å². The van der Waals surface area contributed by atoms with Crippen LogP contribution in [-0.2, 0) is 14.6 Å². The molecule has 0 aromatic carbocycles. The predicted octanol–water partition coefficient (Wildman–Crippen LogP) is 2.53. The van der Waals surface area contributed by atoms with Gasteiger partial charge >= 0.3 is 0 Å². The average molecular weight is 305 g/mol. The van der Waals surface area contributed by atoms with Crippen molar-refractivity contribution in [1.82, 2.24) is 5.32 Å². The SMILES string of the molecule is CCCNC(CCCS(=O)(=O)CC)CC1(OC)CCC1. The largest absolute Gasteiger partial charge is 0.378 e. The van der Waals surface area contributed by atoms with Gasteiger partial charge in [0.2, 0.25) is 0 Å². The van der Waals surface area contributed by atoms with Gasteiger partial charge in [-0.25, -0.2) is 8.42 Å². The van der Waals surface area contributed by atoms with Crippen LogP contribution in [0.15, 0.2) is 0 Å². The van der Waals surface area contributed by atoms with Crippen LogP contribution in [0, 0.1) is 0 Å².